The monoisotopic (exact) mass is 471 g/mol. The fourth-order valence-electron chi connectivity index (χ4n) is 2.81. The van der Waals surface area contributed by atoms with Gasteiger partial charge in [0.05, 0.1) is 10.0 Å². The van der Waals surface area contributed by atoms with Gasteiger partial charge in [0, 0.05) is 30.3 Å². The van der Waals surface area contributed by atoms with E-state index in [1.54, 1.807) is 54.6 Å². The first kappa shape index (κ1) is 23.6. The van der Waals surface area contributed by atoms with Crippen LogP contribution in [0.5, 0.6) is 0 Å². The van der Waals surface area contributed by atoms with E-state index in [-0.39, 0.29) is 5.70 Å². The van der Waals surface area contributed by atoms with Crippen LogP contribution in [0.25, 0.3) is 17.4 Å². The van der Waals surface area contributed by atoms with Crippen LogP contribution < -0.4 is 10.6 Å². The van der Waals surface area contributed by atoms with Gasteiger partial charge in [-0.25, -0.2) is 0 Å². The molecule has 0 unspecified atom stereocenters. The zero-order chi connectivity index (χ0) is 23.1. The van der Waals surface area contributed by atoms with E-state index in [4.69, 9.17) is 27.6 Å². The number of halogens is 2. The van der Waals surface area contributed by atoms with Crippen molar-refractivity contribution in [3.63, 3.8) is 0 Å². The third-order valence-electron chi connectivity index (χ3n) is 4.49. The molecule has 0 bridgehead atoms. The Hall–Kier alpha value is -3.06. The predicted octanol–water partition coefficient (Wildman–Crippen LogP) is 4.70. The van der Waals surface area contributed by atoms with Gasteiger partial charge in [-0.15, -0.1) is 0 Å². The third kappa shape index (κ3) is 6.47. The summed E-state index contributed by atoms with van der Waals surface area (Å²) in [5.41, 5.74) is 1.26. The molecule has 1 aromatic heterocycles. The van der Waals surface area contributed by atoms with Crippen LogP contribution in [0.2, 0.25) is 10.0 Å². The molecule has 0 radical (unpaired) electrons. The van der Waals surface area contributed by atoms with Gasteiger partial charge in [-0.05, 0) is 56.6 Å². The highest BCUT2D eigenvalue weighted by molar-refractivity contribution is 6.42. The third-order valence-corrected chi connectivity index (χ3v) is 5.23. The number of likely N-dealkylation sites (N-methyl/N-ethyl adjacent to an activating group) is 1. The number of carbonyl (C=O) groups is 2. The van der Waals surface area contributed by atoms with Crippen molar-refractivity contribution in [3.05, 3.63) is 87.7 Å². The van der Waals surface area contributed by atoms with Crippen molar-refractivity contribution in [2.45, 2.75) is 0 Å². The lowest BCUT2D eigenvalue weighted by Crippen LogP contribution is -2.37. The summed E-state index contributed by atoms with van der Waals surface area (Å²) in [7, 11) is 3.82. The molecule has 32 heavy (non-hydrogen) atoms. The van der Waals surface area contributed by atoms with E-state index >= 15 is 0 Å². The summed E-state index contributed by atoms with van der Waals surface area (Å²) in [6, 6.07) is 17.3. The number of nitrogens with zero attached hydrogens (tertiary/aromatic N) is 1. The molecule has 0 aliphatic rings. The smallest absolute Gasteiger partial charge is 0.267 e. The van der Waals surface area contributed by atoms with E-state index in [1.807, 2.05) is 25.1 Å². The molecule has 3 rings (SSSR count). The Morgan fingerprint density at radius 2 is 1.75 bits per heavy atom. The van der Waals surface area contributed by atoms with E-state index in [2.05, 4.69) is 10.6 Å². The van der Waals surface area contributed by atoms with Crippen molar-refractivity contribution < 1.29 is 14.0 Å². The zero-order valence-electron chi connectivity index (χ0n) is 17.7. The second-order valence-corrected chi connectivity index (χ2v) is 8.08. The molecule has 0 fully saturated rings. The van der Waals surface area contributed by atoms with Crippen molar-refractivity contribution >= 4 is 41.1 Å². The van der Waals surface area contributed by atoms with Crippen LogP contribution >= 0.6 is 23.2 Å². The van der Waals surface area contributed by atoms with Crippen LogP contribution in [0.15, 0.2) is 70.8 Å². The Kier molecular flexibility index (Phi) is 8.11. The molecule has 166 valence electrons. The molecule has 0 aliphatic carbocycles. The predicted molar refractivity (Wildman–Crippen MR) is 128 cm³/mol. The Balaban J connectivity index is 1.84. The molecule has 1 heterocycles. The molecule has 6 nitrogen and oxygen atoms in total. The second-order valence-electron chi connectivity index (χ2n) is 7.27. The number of hydrogen-bond donors (Lipinski definition) is 2. The molecule has 0 saturated carbocycles. The summed E-state index contributed by atoms with van der Waals surface area (Å²) in [5.74, 6) is 0.147. The zero-order valence-corrected chi connectivity index (χ0v) is 19.2. The van der Waals surface area contributed by atoms with Crippen molar-refractivity contribution in [2.75, 3.05) is 27.2 Å². The Morgan fingerprint density at radius 1 is 1.00 bits per heavy atom. The molecule has 2 aromatic carbocycles. The molecule has 8 heteroatoms. The fraction of sp³-hybridized carbons (Fsp3) is 0.167. The number of furan rings is 1. The Bertz CT molecular complexity index is 1120. The molecule has 2 N–H and O–H groups in total. The molecule has 0 saturated heterocycles. The average Bonchev–Trinajstić information content (AvgIpc) is 3.24. The second kappa shape index (κ2) is 11.0. The van der Waals surface area contributed by atoms with Gasteiger partial charge in [0.25, 0.3) is 11.8 Å². The fourth-order valence-corrected chi connectivity index (χ4v) is 3.11. The number of rotatable bonds is 8. The maximum atomic E-state index is 12.8. The number of nitrogens with one attached hydrogen (secondary N) is 2. The highest BCUT2D eigenvalue weighted by Gasteiger charge is 2.16. The van der Waals surface area contributed by atoms with Crippen LogP contribution in [0.1, 0.15) is 16.1 Å². The molecule has 0 aliphatic heterocycles. The largest absolute Gasteiger partial charge is 0.457 e. The molecule has 2 amide bonds. The lowest BCUT2D eigenvalue weighted by molar-refractivity contribution is -0.117. The molecule has 0 atom stereocenters. The summed E-state index contributed by atoms with van der Waals surface area (Å²) < 4.78 is 5.86. The molecule has 3 aromatic rings. The maximum Gasteiger partial charge on any atom is 0.267 e. The van der Waals surface area contributed by atoms with Gasteiger partial charge < -0.3 is 20.0 Å². The van der Waals surface area contributed by atoms with Crippen LogP contribution in [-0.2, 0) is 4.79 Å². The van der Waals surface area contributed by atoms with Gasteiger partial charge in [-0.2, -0.15) is 0 Å². The SMILES string of the molecule is CN(C)CCNC(=O)/C(=C/c1ccc(-c2ccc(Cl)c(Cl)c2)o1)NC(=O)c1ccccc1. The minimum atomic E-state index is -0.413. The van der Waals surface area contributed by atoms with Gasteiger partial charge in [-0.3, -0.25) is 9.59 Å². The standard InChI is InChI=1S/C24H23Cl2N3O3/c1-29(2)13-12-27-24(31)21(28-23(30)16-6-4-3-5-7-16)15-18-9-11-22(32-18)17-8-10-19(25)20(26)14-17/h3-11,14-15H,12-13H2,1-2H3,(H,27,31)(H,28,30)/b21-15-. The van der Waals surface area contributed by atoms with E-state index in [9.17, 15) is 9.59 Å². The quantitative estimate of drug-likeness (QED) is 0.466. The van der Waals surface area contributed by atoms with Crippen molar-refractivity contribution in [3.8, 4) is 11.3 Å². The molecular formula is C24H23Cl2N3O3. The van der Waals surface area contributed by atoms with Gasteiger partial charge >= 0.3 is 0 Å². The van der Waals surface area contributed by atoms with E-state index in [0.717, 1.165) is 5.56 Å². The lowest BCUT2D eigenvalue weighted by atomic mass is 10.2. The van der Waals surface area contributed by atoms with Crippen LogP contribution in [0, 0.1) is 0 Å². The van der Waals surface area contributed by atoms with Gasteiger partial charge in [0.1, 0.15) is 17.2 Å². The molecular weight excluding hydrogens is 449 g/mol. The van der Waals surface area contributed by atoms with Crippen molar-refractivity contribution in [1.29, 1.82) is 0 Å². The summed E-state index contributed by atoms with van der Waals surface area (Å²) >= 11 is 12.1. The average molecular weight is 472 g/mol. The number of hydrogen-bond acceptors (Lipinski definition) is 4. The Morgan fingerprint density at radius 3 is 2.44 bits per heavy atom. The number of benzene rings is 2. The summed E-state index contributed by atoms with van der Waals surface area (Å²) in [4.78, 5) is 27.3. The summed E-state index contributed by atoms with van der Waals surface area (Å²) in [6.45, 7) is 1.09. The lowest BCUT2D eigenvalue weighted by Gasteiger charge is -2.13. The highest BCUT2D eigenvalue weighted by atomic mass is 35.5. The maximum absolute atomic E-state index is 12.8. The highest BCUT2D eigenvalue weighted by Crippen LogP contribution is 2.30. The van der Waals surface area contributed by atoms with Crippen molar-refractivity contribution in [1.82, 2.24) is 15.5 Å². The number of carbonyl (C=O) groups excluding carboxylic acids is 2. The first-order valence-electron chi connectivity index (χ1n) is 9.90. The van der Waals surface area contributed by atoms with E-state index < -0.39 is 11.8 Å². The van der Waals surface area contributed by atoms with E-state index in [1.165, 1.54) is 6.08 Å². The minimum absolute atomic E-state index is 0.0765. The van der Waals surface area contributed by atoms with Crippen LogP contribution in [-0.4, -0.2) is 43.9 Å². The van der Waals surface area contributed by atoms with Gasteiger partial charge in [0.15, 0.2) is 0 Å². The summed E-state index contributed by atoms with van der Waals surface area (Å²) in [6.07, 6.45) is 1.49. The van der Waals surface area contributed by atoms with Gasteiger partial charge in [0.2, 0.25) is 0 Å². The minimum Gasteiger partial charge on any atom is -0.457 e. The Labute approximate surface area is 196 Å². The first-order valence-corrected chi connectivity index (χ1v) is 10.7. The topological polar surface area (TPSA) is 74.6 Å². The van der Waals surface area contributed by atoms with E-state index in [0.29, 0.717) is 40.2 Å². The number of amides is 2. The first-order chi connectivity index (χ1) is 15.3. The van der Waals surface area contributed by atoms with Crippen LogP contribution in [0.4, 0.5) is 0 Å². The van der Waals surface area contributed by atoms with Crippen molar-refractivity contribution in [2.24, 2.45) is 0 Å². The summed E-state index contributed by atoms with van der Waals surface area (Å²) in [5, 5.41) is 6.35. The molecule has 0 spiro atoms. The van der Waals surface area contributed by atoms with Crippen LogP contribution in [0.3, 0.4) is 0 Å². The van der Waals surface area contributed by atoms with Gasteiger partial charge in [-0.1, -0.05) is 41.4 Å². The normalized spacial score (nSPS) is 11.5.